The van der Waals surface area contributed by atoms with E-state index in [1.165, 1.54) is 6.07 Å². The van der Waals surface area contributed by atoms with Crippen LogP contribution in [0.15, 0.2) is 73.1 Å². The molecule has 142 valence electrons. The van der Waals surface area contributed by atoms with Gasteiger partial charge in [-0.3, -0.25) is 19.9 Å². The van der Waals surface area contributed by atoms with Crippen molar-refractivity contribution in [3.63, 3.8) is 0 Å². The van der Waals surface area contributed by atoms with Gasteiger partial charge in [-0.25, -0.2) is 0 Å². The zero-order valence-corrected chi connectivity index (χ0v) is 15.6. The van der Waals surface area contributed by atoms with Gasteiger partial charge in [-0.15, -0.1) is 0 Å². The summed E-state index contributed by atoms with van der Waals surface area (Å²) in [4.78, 5) is 29.9. The predicted octanol–water partition coefficient (Wildman–Crippen LogP) is 4.18. The molecule has 2 aromatic carbocycles. The van der Waals surface area contributed by atoms with Gasteiger partial charge in [0, 0.05) is 42.7 Å². The zero-order chi connectivity index (χ0) is 19.9. The predicted molar refractivity (Wildman–Crippen MR) is 107 cm³/mol. The Morgan fingerprint density at radius 2 is 1.79 bits per heavy atom. The monoisotopic (exact) mass is 375 g/mol. The second-order valence-electron chi connectivity index (χ2n) is 6.53. The summed E-state index contributed by atoms with van der Waals surface area (Å²) in [6, 6.07) is 18.3. The van der Waals surface area contributed by atoms with E-state index in [4.69, 9.17) is 0 Å². The van der Waals surface area contributed by atoms with Gasteiger partial charge in [0.15, 0.2) is 0 Å². The van der Waals surface area contributed by atoms with Crippen LogP contribution in [0.5, 0.6) is 0 Å². The van der Waals surface area contributed by atoms with Gasteiger partial charge >= 0.3 is 0 Å². The van der Waals surface area contributed by atoms with Crippen LogP contribution in [0, 0.1) is 17.0 Å². The number of benzene rings is 2. The largest absolute Gasteiger partial charge is 0.334 e. The molecule has 3 rings (SSSR count). The summed E-state index contributed by atoms with van der Waals surface area (Å²) in [6.45, 7) is 2.51. The molecule has 0 aliphatic heterocycles. The molecule has 1 amide bonds. The average Bonchev–Trinajstić information content (AvgIpc) is 2.72. The minimum atomic E-state index is -0.457. The van der Waals surface area contributed by atoms with Crippen molar-refractivity contribution < 1.29 is 9.72 Å². The molecule has 0 saturated carbocycles. The highest BCUT2D eigenvalue weighted by Gasteiger charge is 2.22. The van der Waals surface area contributed by atoms with E-state index >= 15 is 0 Å². The maximum atomic E-state index is 13.2. The molecule has 0 aliphatic carbocycles. The van der Waals surface area contributed by atoms with E-state index in [9.17, 15) is 14.9 Å². The van der Waals surface area contributed by atoms with Gasteiger partial charge in [0.1, 0.15) is 0 Å². The van der Waals surface area contributed by atoms with Crippen LogP contribution in [0.4, 0.5) is 5.69 Å². The molecule has 6 heteroatoms. The first-order valence-electron chi connectivity index (χ1n) is 9.02. The Morgan fingerprint density at radius 1 is 1.04 bits per heavy atom. The third-order valence-electron chi connectivity index (χ3n) is 4.63. The van der Waals surface area contributed by atoms with Crippen molar-refractivity contribution >= 4 is 11.6 Å². The Morgan fingerprint density at radius 3 is 2.46 bits per heavy atom. The van der Waals surface area contributed by atoms with E-state index in [1.807, 2.05) is 42.5 Å². The van der Waals surface area contributed by atoms with E-state index in [2.05, 4.69) is 4.98 Å². The van der Waals surface area contributed by atoms with Gasteiger partial charge in [0.05, 0.1) is 4.92 Å². The maximum Gasteiger partial charge on any atom is 0.273 e. The van der Waals surface area contributed by atoms with E-state index in [0.29, 0.717) is 30.6 Å². The van der Waals surface area contributed by atoms with Crippen molar-refractivity contribution in [1.82, 2.24) is 9.88 Å². The average molecular weight is 375 g/mol. The minimum Gasteiger partial charge on any atom is -0.334 e. The molecule has 1 aromatic heterocycles. The highest BCUT2D eigenvalue weighted by molar-refractivity contribution is 5.96. The molecule has 6 nitrogen and oxygen atoms in total. The summed E-state index contributed by atoms with van der Waals surface area (Å²) < 4.78 is 0. The zero-order valence-electron chi connectivity index (χ0n) is 15.6. The van der Waals surface area contributed by atoms with Crippen LogP contribution in [0.25, 0.3) is 0 Å². The fourth-order valence-corrected chi connectivity index (χ4v) is 3.10. The Kier molecular flexibility index (Phi) is 6.11. The third-order valence-corrected chi connectivity index (χ3v) is 4.63. The highest BCUT2D eigenvalue weighted by Crippen LogP contribution is 2.23. The number of pyridine rings is 1. The first-order chi connectivity index (χ1) is 13.6. The number of nitrogens with zero attached hydrogens (tertiary/aromatic N) is 3. The van der Waals surface area contributed by atoms with Crippen molar-refractivity contribution in [3.8, 4) is 0 Å². The highest BCUT2D eigenvalue weighted by atomic mass is 16.6. The molecule has 0 fully saturated rings. The molecule has 28 heavy (non-hydrogen) atoms. The molecule has 0 saturated heterocycles. The third kappa shape index (κ3) is 4.59. The summed E-state index contributed by atoms with van der Waals surface area (Å²) in [6.07, 6.45) is 4.11. The summed E-state index contributed by atoms with van der Waals surface area (Å²) in [5.74, 6) is -0.221. The van der Waals surface area contributed by atoms with Crippen molar-refractivity contribution in [2.45, 2.75) is 19.9 Å². The number of nitro benzene ring substituents is 1. The Bertz CT molecular complexity index is 959. The number of carbonyl (C=O) groups excluding carboxylic acids is 1. The number of nitro groups is 1. The number of hydrogen-bond donors (Lipinski definition) is 0. The van der Waals surface area contributed by atoms with Crippen molar-refractivity contribution in [3.05, 3.63) is 105 Å². The van der Waals surface area contributed by atoms with Gasteiger partial charge in [-0.1, -0.05) is 42.5 Å². The molecule has 0 bridgehead atoms. The van der Waals surface area contributed by atoms with Crippen LogP contribution in [0.3, 0.4) is 0 Å². The smallest absolute Gasteiger partial charge is 0.273 e. The normalized spacial score (nSPS) is 10.5. The van der Waals surface area contributed by atoms with Crippen LogP contribution in [-0.2, 0) is 13.0 Å². The SMILES string of the molecule is Cc1c(C(=O)N(CCc2ccccc2)Cc2cccnc2)cccc1[N+](=O)[O-]. The van der Waals surface area contributed by atoms with Gasteiger partial charge in [0.2, 0.25) is 0 Å². The number of rotatable bonds is 7. The molecule has 0 spiro atoms. The first-order valence-corrected chi connectivity index (χ1v) is 9.02. The van der Waals surface area contributed by atoms with Crippen LogP contribution in [0.1, 0.15) is 27.0 Å². The van der Waals surface area contributed by atoms with Crippen LogP contribution >= 0.6 is 0 Å². The molecular formula is C22H21N3O3. The number of amides is 1. The van der Waals surface area contributed by atoms with Gasteiger partial charge in [0.25, 0.3) is 11.6 Å². The van der Waals surface area contributed by atoms with E-state index < -0.39 is 4.92 Å². The lowest BCUT2D eigenvalue weighted by Crippen LogP contribution is -2.33. The molecule has 1 heterocycles. The van der Waals surface area contributed by atoms with Gasteiger partial charge in [-0.05, 0) is 36.6 Å². The molecule has 0 radical (unpaired) electrons. The van der Waals surface area contributed by atoms with Crippen LogP contribution < -0.4 is 0 Å². The molecule has 0 aliphatic rings. The Balaban J connectivity index is 1.88. The maximum absolute atomic E-state index is 13.2. The molecule has 0 atom stereocenters. The number of hydrogen-bond acceptors (Lipinski definition) is 4. The second-order valence-corrected chi connectivity index (χ2v) is 6.53. The number of aromatic nitrogens is 1. The lowest BCUT2D eigenvalue weighted by molar-refractivity contribution is -0.385. The van der Waals surface area contributed by atoms with E-state index in [1.54, 1.807) is 36.4 Å². The fourth-order valence-electron chi connectivity index (χ4n) is 3.10. The molecule has 0 unspecified atom stereocenters. The quantitative estimate of drug-likeness (QED) is 0.458. The number of carbonyl (C=O) groups is 1. The Labute approximate surface area is 163 Å². The molecule has 0 N–H and O–H groups in total. The van der Waals surface area contributed by atoms with Crippen molar-refractivity contribution in [2.24, 2.45) is 0 Å². The van der Waals surface area contributed by atoms with E-state index in [-0.39, 0.29) is 11.6 Å². The summed E-state index contributed by atoms with van der Waals surface area (Å²) in [5, 5.41) is 11.2. The van der Waals surface area contributed by atoms with Crippen LogP contribution in [0.2, 0.25) is 0 Å². The summed E-state index contributed by atoms with van der Waals surface area (Å²) in [7, 11) is 0. The van der Waals surface area contributed by atoms with Gasteiger partial charge in [-0.2, -0.15) is 0 Å². The molecule has 3 aromatic rings. The lowest BCUT2D eigenvalue weighted by Gasteiger charge is -2.23. The summed E-state index contributed by atoms with van der Waals surface area (Å²) >= 11 is 0. The first kappa shape index (κ1) is 19.2. The molecular weight excluding hydrogens is 354 g/mol. The Hall–Kier alpha value is -3.54. The van der Waals surface area contributed by atoms with Crippen molar-refractivity contribution in [2.75, 3.05) is 6.54 Å². The van der Waals surface area contributed by atoms with Crippen LogP contribution in [-0.4, -0.2) is 27.3 Å². The van der Waals surface area contributed by atoms with E-state index in [0.717, 1.165) is 11.1 Å². The van der Waals surface area contributed by atoms with Crippen molar-refractivity contribution in [1.29, 1.82) is 0 Å². The summed E-state index contributed by atoms with van der Waals surface area (Å²) in [5.41, 5.74) is 2.73. The lowest BCUT2D eigenvalue weighted by atomic mass is 10.0. The minimum absolute atomic E-state index is 0.0461. The fraction of sp³-hybridized carbons (Fsp3) is 0.182. The second kappa shape index (κ2) is 8.90. The van der Waals surface area contributed by atoms with Gasteiger partial charge < -0.3 is 4.90 Å². The topological polar surface area (TPSA) is 76.3 Å². The standard InChI is InChI=1S/C22H21N3O3/c1-17-20(10-5-11-21(17)25(27)28)22(26)24(16-19-9-6-13-23-15-19)14-12-18-7-3-2-4-8-18/h2-11,13,15H,12,14,16H2,1H3.